The number of ether oxygens (including phenoxy) is 3. The molecule has 0 aromatic heterocycles. The lowest BCUT2D eigenvalue weighted by atomic mass is 9.77. The van der Waals surface area contributed by atoms with E-state index in [2.05, 4.69) is 16.4 Å². The fraction of sp³-hybridized carbons (Fsp3) is 0.351. The van der Waals surface area contributed by atoms with Crippen molar-refractivity contribution in [2.45, 2.75) is 51.2 Å². The number of amides is 3. The van der Waals surface area contributed by atoms with E-state index in [4.69, 9.17) is 19.3 Å². The molecule has 3 aromatic carbocycles. The van der Waals surface area contributed by atoms with Crippen LogP contribution in [0.2, 0.25) is 0 Å². The Hall–Kier alpha value is -5.52. The van der Waals surface area contributed by atoms with Gasteiger partial charge in [0.15, 0.2) is 12.1 Å². The Balaban J connectivity index is 1.18. The minimum absolute atomic E-state index is 0.0340. The van der Waals surface area contributed by atoms with Gasteiger partial charge in [-0.3, -0.25) is 19.4 Å². The molecule has 4 aliphatic rings. The van der Waals surface area contributed by atoms with Crippen LogP contribution in [0.15, 0.2) is 93.8 Å². The van der Waals surface area contributed by atoms with E-state index in [1.54, 1.807) is 24.3 Å². The van der Waals surface area contributed by atoms with Crippen molar-refractivity contribution in [1.82, 2.24) is 10.0 Å². The van der Waals surface area contributed by atoms with Crippen molar-refractivity contribution in [3.8, 4) is 17.2 Å². The molecule has 7 rings (SSSR count). The molecule has 3 aliphatic heterocycles. The van der Waals surface area contributed by atoms with Crippen LogP contribution in [0.5, 0.6) is 17.2 Å². The Morgan fingerprint density at radius 1 is 0.898 bits per heavy atom. The van der Waals surface area contributed by atoms with E-state index in [1.807, 2.05) is 62.4 Å². The molecule has 1 saturated carbocycles. The highest BCUT2D eigenvalue weighted by atomic mass is 16.5. The minimum Gasteiger partial charge on any atom is -0.495 e. The van der Waals surface area contributed by atoms with Crippen molar-refractivity contribution in [1.29, 1.82) is 0 Å². The SMILES string of the molecule is CCOc1ccc(C=C2CCCC3C2=NN(C(=O)CN2N=NC4C(=O)N(c5ccccc5OC)C(=O)C42)C3c2ccc(OCC)cc2)cc1. The summed E-state index contributed by atoms with van der Waals surface area (Å²) in [6.45, 7) is 4.76. The average Bonchev–Trinajstić information content (AvgIpc) is 3.79. The molecule has 1 saturated heterocycles. The van der Waals surface area contributed by atoms with Crippen LogP contribution in [0, 0.1) is 5.92 Å². The lowest BCUT2D eigenvalue weighted by Gasteiger charge is -2.30. The molecule has 12 heteroatoms. The van der Waals surface area contributed by atoms with Crippen molar-refractivity contribution >= 4 is 35.2 Å². The van der Waals surface area contributed by atoms with Gasteiger partial charge in [-0.05, 0) is 92.3 Å². The number of imide groups is 1. The Morgan fingerprint density at radius 2 is 1.59 bits per heavy atom. The second kappa shape index (κ2) is 13.5. The topological polar surface area (TPSA) is 126 Å². The molecule has 0 spiro atoms. The lowest BCUT2D eigenvalue weighted by Crippen LogP contribution is -2.45. The summed E-state index contributed by atoms with van der Waals surface area (Å²) < 4.78 is 16.7. The number of fused-ring (bicyclic) bond motifs is 2. The maximum Gasteiger partial charge on any atom is 0.264 e. The fourth-order valence-electron chi connectivity index (χ4n) is 7.11. The van der Waals surface area contributed by atoms with Gasteiger partial charge in [0.05, 0.1) is 37.8 Å². The van der Waals surface area contributed by atoms with Gasteiger partial charge < -0.3 is 14.2 Å². The van der Waals surface area contributed by atoms with E-state index in [1.165, 1.54) is 17.1 Å². The molecule has 4 atom stereocenters. The van der Waals surface area contributed by atoms with Crippen molar-refractivity contribution < 1.29 is 28.6 Å². The molecular weight excluding hydrogens is 624 g/mol. The fourth-order valence-corrected chi connectivity index (χ4v) is 7.11. The number of rotatable bonds is 10. The first-order valence-corrected chi connectivity index (χ1v) is 16.7. The number of hydrazone groups is 1. The van der Waals surface area contributed by atoms with Crippen LogP contribution in [-0.4, -0.2) is 72.4 Å². The summed E-state index contributed by atoms with van der Waals surface area (Å²) in [5.41, 5.74) is 4.24. The predicted molar refractivity (Wildman–Crippen MR) is 182 cm³/mol. The van der Waals surface area contributed by atoms with Gasteiger partial charge >= 0.3 is 0 Å². The zero-order valence-corrected chi connectivity index (χ0v) is 27.7. The molecule has 1 aliphatic carbocycles. The van der Waals surface area contributed by atoms with Gasteiger partial charge in [0.25, 0.3) is 17.7 Å². The van der Waals surface area contributed by atoms with Gasteiger partial charge in [-0.25, -0.2) is 9.91 Å². The van der Waals surface area contributed by atoms with Gasteiger partial charge in [-0.2, -0.15) is 10.2 Å². The summed E-state index contributed by atoms with van der Waals surface area (Å²) in [6.07, 6.45) is 4.77. The molecule has 3 amide bonds. The molecule has 0 N–H and O–H groups in total. The second-order valence-corrected chi connectivity index (χ2v) is 12.2. The van der Waals surface area contributed by atoms with Crippen LogP contribution in [-0.2, 0) is 14.4 Å². The highest BCUT2D eigenvalue weighted by molar-refractivity contribution is 6.26. The maximum atomic E-state index is 14.3. The molecule has 2 fully saturated rings. The first kappa shape index (κ1) is 32.0. The molecular formula is C37H38N6O6. The molecule has 4 unspecified atom stereocenters. The van der Waals surface area contributed by atoms with Crippen LogP contribution in [0.25, 0.3) is 6.08 Å². The zero-order chi connectivity index (χ0) is 34.1. The summed E-state index contributed by atoms with van der Waals surface area (Å²) in [5, 5.41) is 16.1. The Bertz CT molecular complexity index is 1840. The van der Waals surface area contributed by atoms with E-state index in [-0.39, 0.29) is 24.4 Å². The highest BCUT2D eigenvalue weighted by Crippen LogP contribution is 2.45. The largest absolute Gasteiger partial charge is 0.495 e. The van der Waals surface area contributed by atoms with Crippen molar-refractivity contribution in [3.63, 3.8) is 0 Å². The number of nitrogens with zero attached hydrogens (tertiary/aromatic N) is 6. The quantitative estimate of drug-likeness (QED) is 0.259. The number of anilines is 1. The third-order valence-electron chi connectivity index (χ3n) is 9.30. The summed E-state index contributed by atoms with van der Waals surface area (Å²) >= 11 is 0. The number of benzene rings is 3. The number of hydrogen-bond acceptors (Lipinski definition) is 10. The number of carbonyl (C=O) groups excluding carboxylic acids is 3. The molecule has 252 valence electrons. The van der Waals surface area contributed by atoms with Gasteiger partial charge in [0, 0.05) is 5.92 Å². The van der Waals surface area contributed by atoms with Gasteiger partial charge in [-0.1, -0.05) is 41.6 Å². The summed E-state index contributed by atoms with van der Waals surface area (Å²) in [4.78, 5) is 42.5. The lowest BCUT2D eigenvalue weighted by molar-refractivity contribution is -0.136. The molecule has 3 heterocycles. The normalized spacial score (nSPS) is 23.5. The zero-order valence-electron chi connectivity index (χ0n) is 27.7. The number of para-hydroxylation sites is 2. The standard InChI is InChI=1S/C37H38N6O6/c1-4-48-26-17-13-23(14-18-26)21-25-9-8-10-28-32(25)39-43(34(28)24-15-19-27(20-16-24)49-5-2)31(44)22-41-35-33(38-40-41)36(45)42(37(35)46)29-11-6-7-12-30(29)47-3/h6-7,11-21,28,33-35H,4-5,8-10,22H2,1-3H3. The molecule has 12 nitrogen and oxygen atoms in total. The first-order valence-electron chi connectivity index (χ1n) is 16.7. The number of allylic oxidation sites excluding steroid dienone is 1. The molecule has 0 bridgehead atoms. The molecule has 0 radical (unpaired) electrons. The van der Waals surface area contributed by atoms with Crippen LogP contribution >= 0.6 is 0 Å². The summed E-state index contributed by atoms with van der Waals surface area (Å²) in [6, 6.07) is 20.1. The van der Waals surface area contributed by atoms with E-state index in [0.717, 1.165) is 58.1 Å². The average molecular weight is 663 g/mol. The van der Waals surface area contributed by atoms with E-state index in [0.29, 0.717) is 24.7 Å². The Labute approximate surface area is 284 Å². The van der Waals surface area contributed by atoms with Crippen LogP contribution < -0.4 is 19.1 Å². The highest BCUT2D eigenvalue weighted by Gasteiger charge is 2.56. The van der Waals surface area contributed by atoms with E-state index in [9.17, 15) is 14.4 Å². The maximum absolute atomic E-state index is 14.3. The number of hydrogen-bond donors (Lipinski definition) is 0. The third kappa shape index (κ3) is 5.92. The van der Waals surface area contributed by atoms with Crippen molar-refractivity contribution in [3.05, 3.63) is 89.5 Å². The Morgan fingerprint density at radius 3 is 2.29 bits per heavy atom. The predicted octanol–water partition coefficient (Wildman–Crippen LogP) is 5.61. The van der Waals surface area contributed by atoms with Gasteiger partial charge in [0.1, 0.15) is 23.8 Å². The monoisotopic (exact) mass is 662 g/mol. The van der Waals surface area contributed by atoms with Crippen LogP contribution in [0.1, 0.15) is 50.3 Å². The van der Waals surface area contributed by atoms with Crippen molar-refractivity contribution in [2.75, 3.05) is 31.8 Å². The van der Waals surface area contributed by atoms with E-state index < -0.39 is 23.9 Å². The summed E-state index contributed by atoms with van der Waals surface area (Å²) in [7, 11) is 1.48. The summed E-state index contributed by atoms with van der Waals surface area (Å²) in [5.74, 6) is 0.530. The van der Waals surface area contributed by atoms with Gasteiger partial charge in [-0.15, -0.1) is 0 Å². The first-order chi connectivity index (χ1) is 23.9. The van der Waals surface area contributed by atoms with Gasteiger partial charge in [0.2, 0.25) is 0 Å². The van der Waals surface area contributed by atoms with Crippen molar-refractivity contribution in [2.24, 2.45) is 21.4 Å². The third-order valence-corrected chi connectivity index (χ3v) is 9.30. The smallest absolute Gasteiger partial charge is 0.264 e. The molecule has 3 aromatic rings. The van der Waals surface area contributed by atoms with Crippen LogP contribution in [0.4, 0.5) is 5.69 Å². The van der Waals surface area contributed by atoms with E-state index >= 15 is 0 Å². The Kier molecular flexibility index (Phi) is 8.85. The van der Waals surface area contributed by atoms with Crippen LogP contribution in [0.3, 0.4) is 0 Å². The number of methoxy groups -OCH3 is 1. The minimum atomic E-state index is -1.05. The molecule has 49 heavy (non-hydrogen) atoms. The number of carbonyl (C=O) groups is 3. The second-order valence-electron chi connectivity index (χ2n) is 12.2.